The molecule has 1 fully saturated rings. The van der Waals surface area contributed by atoms with E-state index in [4.69, 9.17) is 17.3 Å². The van der Waals surface area contributed by atoms with Gasteiger partial charge in [-0.1, -0.05) is 41.9 Å². The number of carbonyl (C=O) groups excluding carboxylic acids is 1. The van der Waals surface area contributed by atoms with Crippen molar-refractivity contribution in [2.45, 2.75) is 25.9 Å². The number of ether oxygens (including phenoxy) is 1. The van der Waals surface area contributed by atoms with E-state index in [-0.39, 0.29) is 11.7 Å². The number of halogens is 4. The van der Waals surface area contributed by atoms with Crippen molar-refractivity contribution in [1.29, 1.82) is 0 Å². The highest BCUT2D eigenvalue weighted by atomic mass is 35.5. The number of hydrogen-bond donors (Lipinski definition) is 1. The molecular weight excluding hydrogens is 541 g/mol. The van der Waals surface area contributed by atoms with Crippen LogP contribution in [0.5, 0.6) is 5.75 Å². The molecule has 2 N–H and O–H groups in total. The van der Waals surface area contributed by atoms with Gasteiger partial charge in [-0.3, -0.25) is 9.69 Å². The first-order valence-electron chi connectivity index (χ1n) is 13.2. The topological polar surface area (TPSA) is 63.7 Å². The SMILES string of the molecule is NCCCn1cc(-c2ccc(OC(F)(F)F)cc2)c2cc(C(=O)N3CCN(Cc4ccccc4Cl)CC3)ccc21. The first-order valence-corrected chi connectivity index (χ1v) is 13.5. The van der Waals surface area contributed by atoms with Crippen LogP contribution >= 0.6 is 11.6 Å². The number of aromatic nitrogens is 1. The van der Waals surface area contributed by atoms with Gasteiger partial charge in [0.15, 0.2) is 0 Å². The third-order valence-electron chi connectivity index (χ3n) is 7.14. The minimum absolute atomic E-state index is 0.0473. The first kappa shape index (κ1) is 28.0. The van der Waals surface area contributed by atoms with Gasteiger partial charge in [0.05, 0.1) is 0 Å². The van der Waals surface area contributed by atoms with E-state index in [1.807, 2.05) is 53.6 Å². The zero-order valence-corrected chi connectivity index (χ0v) is 22.6. The molecular formula is C30H30ClF3N4O2. The molecule has 1 saturated heterocycles. The average Bonchev–Trinajstić information content (AvgIpc) is 3.30. The number of aryl methyl sites for hydroxylation is 1. The number of nitrogens with two attached hydrogens (primary N) is 1. The lowest BCUT2D eigenvalue weighted by Crippen LogP contribution is -2.48. The van der Waals surface area contributed by atoms with Crippen LogP contribution in [0.4, 0.5) is 13.2 Å². The number of benzene rings is 3. The molecule has 0 radical (unpaired) electrons. The maximum atomic E-state index is 13.5. The monoisotopic (exact) mass is 570 g/mol. The Morgan fingerprint density at radius 1 is 0.975 bits per heavy atom. The molecule has 10 heteroatoms. The summed E-state index contributed by atoms with van der Waals surface area (Å²) in [6.45, 7) is 4.64. The van der Waals surface area contributed by atoms with Crippen LogP contribution in [-0.2, 0) is 13.1 Å². The molecule has 0 spiro atoms. The van der Waals surface area contributed by atoms with E-state index in [0.717, 1.165) is 58.7 Å². The fraction of sp³-hybridized carbons (Fsp3) is 0.300. The molecule has 2 heterocycles. The number of alkyl halides is 3. The summed E-state index contributed by atoms with van der Waals surface area (Å²) >= 11 is 6.32. The lowest BCUT2D eigenvalue weighted by Gasteiger charge is -2.35. The molecule has 6 nitrogen and oxygen atoms in total. The van der Waals surface area contributed by atoms with Crippen molar-refractivity contribution < 1.29 is 22.7 Å². The highest BCUT2D eigenvalue weighted by Gasteiger charge is 2.31. The summed E-state index contributed by atoms with van der Waals surface area (Å²) in [7, 11) is 0. The molecule has 0 atom stereocenters. The maximum absolute atomic E-state index is 13.5. The second-order valence-electron chi connectivity index (χ2n) is 9.84. The van der Waals surface area contributed by atoms with Crippen molar-refractivity contribution in [3.05, 3.63) is 89.1 Å². The standard InChI is InChI=1S/C30H30ClF3N4O2/c31-27-5-2-1-4-23(27)19-36-14-16-37(17-15-36)29(39)22-8-11-28-25(18-22)26(20-38(28)13-3-12-35)21-6-9-24(10-7-21)40-30(32,33)34/h1-2,4-11,18,20H,3,12-17,19,35H2. The number of rotatable bonds is 8. The van der Waals surface area contributed by atoms with Crippen LogP contribution in [0.15, 0.2) is 72.9 Å². The molecule has 5 rings (SSSR count). The van der Waals surface area contributed by atoms with Gasteiger partial charge in [0.1, 0.15) is 5.75 Å². The van der Waals surface area contributed by atoms with Crippen molar-refractivity contribution in [2.24, 2.45) is 5.73 Å². The van der Waals surface area contributed by atoms with Crippen molar-refractivity contribution in [3.63, 3.8) is 0 Å². The number of hydrogen-bond acceptors (Lipinski definition) is 4. The van der Waals surface area contributed by atoms with Gasteiger partial charge in [0.2, 0.25) is 0 Å². The average molecular weight is 571 g/mol. The van der Waals surface area contributed by atoms with E-state index in [1.54, 1.807) is 12.1 Å². The zero-order chi connectivity index (χ0) is 28.3. The summed E-state index contributed by atoms with van der Waals surface area (Å²) in [6.07, 6.45) is -2.03. The van der Waals surface area contributed by atoms with E-state index in [1.165, 1.54) is 12.1 Å². The Labute approximate surface area is 235 Å². The van der Waals surface area contributed by atoms with Crippen molar-refractivity contribution >= 4 is 28.4 Å². The predicted octanol–water partition coefficient (Wildman–Crippen LogP) is 6.17. The fourth-order valence-electron chi connectivity index (χ4n) is 5.10. The number of fused-ring (bicyclic) bond motifs is 1. The Hall–Kier alpha value is -3.53. The molecule has 40 heavy (non-hydrogen) atoms. The van der Waals surface area contributed by atoms with E-state index < -0.39 is 6.36 Å². The summed E-state index contributed by atoms with van der Waals surface area (Å²) in [4.78, 5) is 17.7. The van der Waals surface area contributed by atoms with Crippen LogP contribution in [-0.4, -0.2) is 59.4 Å². The van der Waals surface area contributed by atoms with Gasteiger partial charge in [0, 0.05) is 72.5 Å². The number of carbonyl (C=O) groups is 1. The van der Waals surface area contributed by atoms with Crippen LogP contribution in [0, 0.1) is 0 Å². The number of nitrogens with zero attached hydrogens (tertiary/aromatic N) is 3. The molecule has 0 bridgehead atoms. The third kappa shape index (κ3) is 6.43. The lowest BCUT2D eigenvalue weighted by atomic mass is 10.0. The minimum Gasteiger partial charge on any atom is -0.406 e. The zero-order valence-electron chi connectivity index (χ0n) is 21.8. The Morgan fingerprint density at radius 3 is 2.38 bits per heavy atom. The molecule has 0 aliphatic carbocycles. The second-order valence-corrected chi connectivity index (χ2v) is 10.2. The van der Waals surface area contributed by atoms with Crippen LogP contribution in [0.3, 0.4) is 0 Å². The summed E-state index contributed by atoms with van der Waals surface area (Å²) in [5, 5.41) is 1.59. The Bertz CT molecular complexity index is 1480. The number of piperazine rings is 1. The van der Waals surface area contributed by atoms with Gasteiger partial charge < -0.3 is 19.9 Å². The van der Waals surface area contributed by atoms with E-state index >= 15 is 0 Å². The molecule has 1 aliphatic rings. The summed E-state index contributed by atoms with van der Waals surface area (Å²) < 4.78 is 44.0. The molecule has 1 aromatic heterocycles. The van der Waals surface area contributed by atoms with Crippen LogP contribution in [0.1, 0.15) is 22.3 Å². The van der Waals surface area contributed by atoms with Crippen molar-refractivity contribution in [3.8, 4) is 16.9 Å². The molecule has 3 aromatic carbocycles. The Kier molecular flexibility index (Phi) is 8.35. The molecule has 0 saturated carbocycles. The predicted molar refractivity (Wildman–Crippen MR) is 150 cm³/mol. The van der Waals surface area contributed by atoms with Gasteiger partial charge in [-0.25, -0.2) is 0 Å². The van der Waals surface area contributed by atoms with Gasteiger partial charge in [-0.2, -0.15) is 0 Å². The normalized spacial score (nSPS) is 14.6. The molecule has 4 aromatic rings. The van der Waals surface area contributed by atoms with Crippen molar-refractivity contribution in [2.75, 3.05) is 32.7 Å². The van der Waals surface area contributed by atoms with E-state index in [0.29, 0.717) is 31.7 Å². The smallest absolute Gasteiger partial charge is 0.406 e. The van der Waals surface area contributed by atoms with Crippen LogP contribution < -0.4 is 10.5 Å². The Balaban J connectivity index is 1.36. The van der Waals surface area contributed by atoms with Crippen LogP contribution in [0.2, 0.25) is 5.02 Å². The van der Waals surface area contributed by atoms with Gasteiger partial charge in [-0.05, 0) is 60.5 Å². The highest BCUT2D eigenvalue weighted by Crippen LogP contribution is 2.34. The molecule has 1 amide bonds. The lowest BCUT2D eigenvalue weighted by molar-refractivity contribution is -0.274. The Morgan fingerprint density at radius 2 is 1.70 bits per heavy atom. The first-order chi connectivity index (χ1) is 19.2. The molecule has 210 valence electrons. The third-order valence-corrected chi connectivity index (χ3v) is 7.51. The van der Waals surface area contributed by atoms with Crippen molar-refractivity contribution in [1.82, 2.24) is 14.4 Å². The maximum Gasteiger partial charge on any atom is 0.573 e. The van der Waals surface area contributed by atoms with E-state index in [9.17, 15) is 18.0 Å². The summed E-state index contributed by atoms with van der Waals surface area (Å²) in [5.74, 6) is -0.332. The fourth-order valence-corrected chi connectivity index (χ4v) is 5.30. The molecule has 1 aliphatic heterocycles. The second kappa shape index (κ2) is 11.9. The molecule has 0 unspecified atom stereocenters. The summed E-state index contributed by atoms with van der Waals surface area (Å²) in [6, 6.07) is 19.2. The number of amides is 1. The van der Waals surface area contributed by atoms with Gasteiger partial charge >= 0.3 is 6.36 Å². The minimum atomic E-state index is -4.75. The van der Waals surface area contributed by atoms with Gasteiger partial charge in [0.25, 0.3) is 5.91 Å². The van der Waals surface area contributed by atoms with Gasteiger partial charge in [-0.15, -0.1) is 13.2 Å². The van der Waals surface area contributed by atoms with Crippen LogP contribution in [0.25, 0.3) is 22.0 Å². The highest BCUT2D eigenvalue weighted by molar-refractivity contribution is 6.31. The largest absolute Gasteiger partial charge is 0.573 e. The van der Waals surface area contributed by atoms with E-state index in [2.05, 4.69) is 14.2 Å². The quantitative estimate of drug-likeness (QED) is 0.275. The summed E-state index contributed by atoms with van der Waals surface area (Å²) in [5.41, 5.74) is 9.85.